The molecule has 100 valence electrons. The SMILES string of the molecule is CC1(CNC(=O)c2ccccc2C#CCO)CCC1. The summed E-state index contributed by atoms with van der Waals surface area (Å²) < 4.78 is 0. The normalized spacial score (nSPS) is 15.9. The molecule has 0 saturated heterocycles. The van der Waals surface area contributed by atoms with E-state index in [9.17, 15) is 4.79 Å². The second-order valence-corrected chi connectivity index (χ2v) is 5.35. The van der Waals surface area contributed by atoms with Gasteiger partial charge in [0.2, 0.25) is 0 Å². The van der Waals surface area contributed by atoms with E-state index in [-0.39, 0.29) is 17.9 Å². The van der Waals surface area contributed by atoms with Crippen molar-refractivity contribution in [3.63, 3.8) is 0 Å². The van der Waals surface area contributed by atoms with Gasteiger partial charge >= 0.3 is 0 Å². The molecule has 1 aromatic rings. The van der Waals surface area contributed by atoms with Crippen LogP contribution in [-0.2, 0) is 0 Å². The Morgan fingerprint density at radius 2 is 2.16 bits per heavy atom. The molecule has 1 saturated carbocycles. The second kappa shape index (κ2) is 5.90. The first-order valence-electron chi connectivity index (χ1n) is 6.62. The van der Waals surface area contributed by atoms with E-state index in [0.717, 1.165) is 0 Å². The van der Waals surface area contributed by atoms with Gasteiger partial charge in [-0.05, 0) is 30.4 Å². The Balaban J connectivity index is 2.06. The molecule has 0 heterocycles. The number of carbonyl (C=O) groups excluding carboxylic acids is 1. The molecule has 1 fully saturated rings. The summed E-state index contributed by atoms with van der Waals surface area (Å²) in [4.78, 5) is 12.2. The van der Waals surface area contributed by atoms with Gasteiger partial charge in [0.25, 0.3) is 5.91 Å². The Labute approximate surface area is 114 Å². The average Bonchev–Trinajstić information content (AvgIpc) is 2.40. The predicted molar refractivity (Wildman–Crippen MR) is 74.7 cm³/mol. The maximum Gasteiger partial charge on any atom is 0.252 e. The van der Waals surface area contributed by atoms with Gasteiger partial charge in [-0.1, -0.05) is 37.3 Å². The van der Waals surface area contributed by atoms with Gasteiger partial charge < -0.3 is 10.4 Å². The van der Waals surface area contributed by atoms with E-state index in [1.807, 2.05) is 12.1 Å². The number of rotatable bonds is 3. The van der Waals surface area contributed by atoms with Crippen molar-refractivity contribution in [2.45, 2.75) is 26.2 Å². The summed E-state index contributed by atoms with van der Waals surface area (Å²) >= 11 is 0. The molecule has 1 aromatic carbocycles. The van der Waals surface area contributed by atoms with Gasteiger partial charge in [0, 0.05) is 12.1 Å². The van der Waals surface area contributed by atoms with Crippen LogP contribution in [0.2, 0.25) is 0 Å². The fourth-order valence-corrected chi connectivity index (χ4v) is 2.27. The summed E-state index contributed by atoms with van der Waals surface area (Å²) in [6, 6.07) is 7.22. The first kappa shape index (κ1) is 13.6. The zero-order chi connectivity index (χ0) is 13.7. The summed E-state index contributed by atoms with van der Waals surface area (Å²) in [5.41, 5.74) is 1.50. The maximum atomic E-state index is 12.2. The monoisotopic (exact) mass is 257 g/mol. The number of nitrogens with one attached hydrogen (secondary N) is 1. The molecule has 2 rings (SSSR count). The van der Waals surface area contributed by atoms with Gasteiger partial charge in [-0.25, -0.2) is 0 Å². The highest BCUT2D eigenvalue weighted by molar-refractivity contribution is 5.96. The van der Waals surface area contributed by atoms with Crippen molar-refractivity contribution in [2.24, 2.45) is 5.41 Å². The highest BCUT2D eigenvalue weighted by Gasteiger charge is 2.32. The van der Waals surface area contributed by atoms with Crippen molar-refractivity contribution in [3.05, 3.63) is 35.4 Å². The minimum absolute atomic E-state index is 0.0871. The Morgan fingerprint density at radius 1 is 1.42 bits per heavy atom. The van der Waals surface area contributed by atoms with Crippen molar-refractivity contribution in [1.82, 2.24) is 5.32 Å². The fourth-order valence-electron chi connectivity index (χ4n) is 2.27. The molecule has 0 aromatic heterocycles. The number of hydrogen-bond donors (Lipinski definition) is 2. The lowest BCUT2D eigenvalue weighted by Gasteiger charge is -2.38. The Bertz CT molecular complexity index is 521. The lowest BCUT2D eigenvalue weighted by atomic mass is 9.70. The van der Waals surface area contributed by atoms with Gasteiger partial charge in [0.1, 0.15) is 6.61 Å². The van der Waals surface area contributed by atoms with Gasteiger partial charge in [-0.2, -0.15) is 0 Å². The van der Waals surface area contributed by atoms with Crippen LogP contribution in [0.3, 0.4) is 0 Å². The predicted octanol–water partition coefficient (Wildman–Crippen LogP) is 1.95. The molecule has 19 heavy (non-hydrogen) atoms. The van der Waals surface area contributed by atoms with Crippen LogP contribution < -0.4 is 5.32 Å². The van der Waals surface area contributed by atoms with Crippen LogP contribution in [0.15, 0.2) is 24.3 Å². The minimum atomic E-state index is -0.200. The number of aliphatic hydroxyl groups is 1. The molecule has 3 nitrogen and oxygen atoms in total. The molecule has 1 aliphatic rings. The number of carbonyl (C=O) groups is 1. The van der Waals surface area contributed by atoms with Crippen LogP contribution in [0.25, 0.3) is 0 Å². The zero-order valence-electron chi connectivity index (χ0n) is 11.2. The molecule has 3 heteroatoms. The number of amides is 1. The summed E-state index contributed by atoms with van der Waals surface area (Å²) in [6.45, 7) is 2.72. The smallest absolute Gasteiger partial charge is 0.252 e. The molecule has 2 N–H and O–H groups in total. The summed E-state index contributed by atoms with van der Waals surface area (Å²) in [7, 11) is 0. The molecule has 0 unspecified atom stereocenters. The lowest BCUT2D eigenvalue weighted by Crippen LogP contribution is -2.40. The fraction of sp³-hybridized carbons (Fsp3) is 0.438. The Hall–Kier alpha value is -1.79. The van der Waals surface area contributed by atoms with Crippen LogP contribution in [0, 0.1) is 17.3 Å². The first-order chi connectivity index (χ1) is 9.14. The van der Waals surface area contributed by atoms with Crippen LogP contribution in [0.5, 0.6) is 0 Å². The quantitative estimate of drug-likeness (QED) is 0.813. The van der Waals surface area contributed by atoms with E-state index in [1.54, 1.807) is 12.1 Å². The molecule has 0 atom stereocenters. The number of benzene rings is 1. The van der Waals surface area contributed by atoms with Crippen LogP contribution in [0.1, 0.15) is 42.1 Å². The molecule has 0 radical (unpaired) electrons. The van der Waals surface area contributed by atoms with Crippen LogP contribution >= 0.6 is 0 Å². The Kier molecular flexibility index (Phi) is 4.24. The summed E-state index contributed by atoms with van der Waals surface area (Å²) in [5, 5.41) is 11.7. The maximum absolute atomic E-state index is 12.2. The van der Waals surface area contributed by atoms with E-state index in [4.69, 9.17) is 5.11 Å². The summed E-state index contributed by atoms with van der Waals surface area (Å²) in [5.74, 6) is 5.30. The molecule has 0 bridgehead atoms. The van der Waals surface area contributed by atoms with E-state index in [1.165, 1.54) is 19.3 Å². The Morgan fingerprint density at radius 3 is 2.79 bits per heavy atom. The van der Waals surface area contributed by atoms with Gasteiger partial charge in [0.05, 0.1) is 5.56 Å². The van der Waals surface area contributed by atoms with Crippen molar-refractivity contribution >= 4 is 5.91 Å². The van der Waals surface area contributed by atoms with Crippen LogP contribution in [0.4, 0.5) is 0 Å². The largest absolute Gasteiger partial charge is 0.384 e. The average molecular weight is 257 g/mol. The number of aliphatic hydroxyl groups excluding tert-OH is 1. The van der Waals surface area contributed by atoms with Crippen molar-refractivity contribution in [3.8, 4) is 11.8 Å². The van der Waals surface area contributed by atoms with Gasteiger partial charge in [-0.3, -0.25) is 4.79 Å². The van der Waals surface area contributed by atoms with E-state index in [2.05, 4.69) is 24.1 Å². The zero-order valence-corrected chi connectivity index (χ0v) is 11.2. The van der Waals surface area contributed by atoms with Crippen LogP contribution in [-0.4, -0.2) is 24.2 Å². The van der Waals surface area contributed by atoms with Crippen molar-refractivity contribution < 1.29 is 9.90 Å². The molecular formula is C16H19NO2. The molecule has 0 aliphatic heterocycles. The highest BCUT2D eigenvalue weighted by atomic mass is 16.2. The van der Waals surface area contributed by atoms with Gasteiger partial charge in [0.15, 0.2) is 0 Å². The number of hydrogen-bond acceptors (Lipinski definition) is 2. The van der Waals surface area contributed by atoms with E-state index < -0.39 is 0 Å². The minimum Gasteiger partial charge on any atom is -0.384 e. The molecule has 0 spiro atoms. The third kappa shape index (κ3) is 3.36. The van der Waals surface area contributed by atoms with Crippen molar-refractivity contribution in [2.75, 3.05) is 13.2 Å². The highest BCUT2D eigenvalue weighted by Crippen LogP contribution is 2.39. The lowest BCUT2D eigenvalue weighted by molar-refractivity contribution is 0.0890. The van der Waals surface area contributed by atoms with Crippen molar-refractivity contribution in [1.29, 1.82) is 0 Å². The second-order valence-electron chi connectivity index (χ2n) is 5.35. The standard InChI is InChI=1S/C16H19NO2/c1-16(9-5-10-16)12-17-15(19)14-8-3-2-6-13(14)7-4-11-18/h2-3,6,8,18H,5,9-12H2,1H3,(H,17,19). The topological polar surface area (TPSA) is 49.3 Å². The van der Waals surface area contributed by atoms with E-state index in [0.29, 0.717) is 17.7 Å². The summed E-state index contributed by atoms with van der Waals surface area (Å²) in [6.07, 6.45) is 3.61. The first-order valence-corrected chi connectivity index (χ1v) is 6.62. The molecule has 1 amide bonds. The van der Waals surface area contributed by atoms with E-state index >= 15 is 0 Å². The molecule has 1 aliphatic carbocycles. The molecular weight excluding hydrogens is 238 g/mol. The third-order valence-corrected chi connectivity index (χ3v) is 3.71. The van der Waals surface area contributed by atoms with Gasteiger partial charge in [-0.15, -0.1) is 0 Å². The third-order valence-electron chi connectivity index (χ3n) is 3.71.